The van der Waals surface area contributed by atoms with Gasteiger partial charge < -0.3 is 14.8 Å². The summed E-state index contributed by atoms with van der Waals surface area (Å²) in [5.41, 5.74) is 6.44. The second-order valence-electron chi connectivity index (χ2n) is 6.69. The molecule has 0 fully saturated rings. The predicted octanol–water partition coefficient (Wildman–Crippen LogP) is 3.80. The first-order valence-electron chi connectivity index (χ1n) is 9.24. The SMILES string of the molecule is CCc1cc(-c2cnc(NC)nc2)ccc1N(C)c1cc2c(cn1)ncn2C. The van der Waals surface area contributed by atoms with Crippen LogP contribution in [-0.2, 0) is 13.5 Å². The molecule has 4 rings (SSSR count). The molecule has 0 saturated carbocycles. The van der Waals surface area contributed by atoms with Crippen molar-refractivity contribution in [2.24, 2.45) is 7.05 Å². The molecule has 1 N–H and O–H groups in total. The largest absolute Gasteiger partial charge is 0.357 e. The average Bonchev–Trinajstić information content (AvgIpc) is 3.13. The molecule has 0 aliphatic carbocycles. The van der Waals surface area contributed by atoms with Crippen LogP contribution in [0.15, 0.2) is 49.2 Å². The predicted molar refractivity (Wildman–Crippen MR) is 113 cm³/mol. The van der Waals surface area contributed by atoms with Crippen LogP contribution in [0.2, 0.25) is 0 Å². The molecule has 0 bridgehead atoms. The van der Waals surface area contributed by atoms with Gasteiger partial charge in [0.1, 0.15) is 11.3 Å². The number of imidazole rings is 1. The van der Waals surface area contributed by atoms with Crippen LogP contribution in [0.1, 0.15) is 12.5 Å². The monoisotopic (exact) mass is 373 g/mol. The Hall–Kier alpha value is -3.48. The fourth-order valence-electron chi connectivity index (χ4n) is 3.31. The van der Waals surface area contributed by atoms with E-state index >= 15 is 0 Å². The van der Waals surface area contributed by atoms with E-state index in [1.807, 2.05) is 50.6 Å². The van der Waals surface area contributed by atoms with Crippen LogP contribution in [0.25, 0.3) is 22.2 Å². The molecule has 0 amide bonds. The van der Waals surface area contributed by atoms with Crippen molar-refractivity contribution in [3.8, 4) is 11.1 Å². The van der Waals surface area contributed by atoms with E-state index in [0.717, 1.165) is 40.1 Å². The molecule has 0 spiro atoms. The van der Waals surface area contributed by atoms with Crippen LogP contribution in [0, 0.1) is 0 Å². The van der Waals surface area contributed by atoms with Gasteiger partial charge in [-0.2, -0.15) is 0 Å². The standard InChI is InChI=1S/C21H23N7/c1-5-14-8-15(16-10-24-21(22-2)25-11-16)6-7-18(14)28(4)20-9-19-17(12-23-20)26-13-27(19)3/h6-13H,5H2,1-4H3,(H,22,24,25). The lowest BCUT2D eigenvalue weighted by Gasteiger charge is -2.22. The van der Waals surface area contributed by atoms with Crippen molar-refractivity contribution < 1.29 is 0 Å². The fourth-order valence-corrected chi connectivity index (χ4v) is 3.31. The second kappa shape index (κ2) is 7.26. The number of nitrogens with one attached hydrogen (secondary N) is 1. The summed E-state index contributed by atoms with van der Waals surface area (Å²) < 4.78 is 2.01. The van der Waals surface area contributed by atoms with E-state index in [1.165, 1.54) is 5.56 Å². The molecule has 142 valence electrons. The van der Waals surface area contributed by atoms with Gasteiger partial charge >= 0.3 is 0 Å². The maximum atomic E-state index is 4.59. The smallest absolute Gasteiger partial charge is 0.222 e. The number of rotatable bonds is 5. The van der Waals surface area contributed by atoms with E-state index in [4.69, 9.17) is 0 Å². The Balaban J connectivity index is 1.70. The lowest BCUT2D eigenvalue weighted by Crippen LogP contribution is -2.13. The molecule has 4 aromatic rings. The highest BCUT2D eigenvalue weighted by molar-refractivity contribution is 5.79. The summed E-state index contributed by atoms with van der Waals surface area (Å²) in [6.45, 7) is 2.16. The van der Waals surface area contributed by atoms with Gasteiger partial charge in [0.25, 0.3) is 0 Å². The summed E-state index contributed by atoms with van der Waals surface area (Å²) in [6.07, 6.45) is 8.23. The van der Waals surface area contributed by atoms with Gasteiger partial charge in [0.2, 0.25) is 5.95 Å². The van der Waals surface area contributed by atoms with Gasteiger partial charge in [0, 0.05) is 50.9 Å². The molecule has 0 aliphatic heterocycles. The second-order valence-corrected chi connectivity index (χ2v) is 6.69. The molecule has 1 aromatic carbocycles. The van der Waals surface area contributed by atoms with Gasteiger partial charge in [-0.05, 0) is 29.7 Å². The fraction of sp³-hybridized carbons (Fsp3) is 0.238. The Kier molecular flexibility index (Phi) is 4.65. The van der Waals surface area contributed by atoms with Crippen molar-refractivity contribution in [3.63, 3.8) is 0 Å². The molecule has 0 radical (unpaired) electrons. The molecule has 0 unspecified atom stereocenters. The van der Waals surface area contributed by atoms with E-state index in [1.54, 1.807) is 0 Å². The maximum Gasteiger partial charge on any atom is 0.222 e. The molecule has 7 nitrogen and oxygen atoms in total. The minimum absolute atomic E-state index is 0.618. The quantitative estimate of drug-likeness (QED) is 0.574. The van der Waals surface area contributed by atoms with Crippen LogP contribution in [0.4, 0.5) is 17.5 Å². The summed E-state index contributed by atoms with van der Waals surface area (Å²) in [6, 6.07) is 8.51. The number of anilines is 3. The van der Waals surface area contributed by atoms with Crippen LogP contribution in [0.3, 0.4) is 0 Å². The van der Waals surface area contributed by atoms with Gasteiger partial charge in [-0.1, -0.05) is 13.0 Å². The molecule has 3 heterocycles. The first-order valence-corrected chi connectivity index (χ1v) is 9.24. The summed E-state index contributed by atoms with van der Waals surface area (Å²) in [5, 5.41) is 2.94. The molecule has 0 aliphatic rings. The van der Waals surface area contributed by atoms with Crippen molar-refractivity contribution in [2.45, 2.75) is 13.3 Å². The molecule has 0 saturated heterocycles. The number of fused-ring (bicyclic) bond motifs is 1. The topological polar surface area (TPSA) is 71.8 Å². The number of hydrogen-bond donors (Lipinski definition) is 1. The van der Waals surface area contributed by atoms with E-state index in [2.05, 4.69) is 61.3 Å². The first kappa shape index (κ1) is 17.9. The lowest BCUT2D eigenvalue weighted by atomic mass is 10.0. The van der Waals surface area contributed by atoms with Crippen molar-refractivity contribution in [3.05, 3.63) is 54.7 Å². The average molecular weight is 373 g/mol. The minimum Gasteiger partial charge on any atom is -0.357 e. The summed E-state index contributed by atoms with van der Waals surface area (Å²) in [7, 11) is 5.85. The van der Waals surface area contributed by atoms with E-state index < -0.39 is 0 Å². The summed E-state index contributed by atoms with van der Waals surface area (Å²) in [5.74, 6) is 1.51. The van der Waals surface area contributed by atoms with Crippen molar-refractivity contribution in [2.75, 3.05) is 24.3 Å². The molecule has 28 heavy (non-hydrogen) atoms. The van der Waals surface area contributed by atoms with Gasteiger partial charge in [-0.3, -0.25) is 0 Å². The first-order chi connectivity index (χ1) is 13.6. The molecular formula is C21H23N7. The van der Waals surface area contributed by atoms with Gasteiger partial charge in [0.05, 0.1) is 18.0 Å². The Bertz CT molecular complexity index is 1120. The number of benzene rings is 1. The normalized spacial score (nSPS) is 11.0. The maximum absolute atomic E-state index is 4.59. The zero-order valence-corrected chi connectivity index (χ0v) is 16.5. The third kappa shape index (κ3) is 3.15. The van der Waals surface area contributed by atoms with Crippen molar-refractivity contribution in [1.29, 1.82) is 0 Å². The summed E-state index contributed by atoms with van der Waals surface area (Å²) >= 11 is 0. The minimum atomic E-state index is 0.618. The summed E-state index contributed by atoms with van der Waals surface area (Å²) in [4.78, 5) is 19.7. The van der Waals surface area contributed by atoms with Crippen LogP contribution >= 0.6 is 0 Å². The van der Waals surface area contributed by atoms with Crippen LogP contribution < -0.4 is 10.2 Å². The van der Waals surface area contributed by atoms with Gasteiger partial charge in [0.15, 0.2) is 0 Å². The number of hydrogen-bond acceptors (Lipinski definition) is 6. The number of aryl methyl sites for hydroxylation is 2. The number of nitrogens with zero attached hydrogens (tertiary/aromatic N) is 6. The molecule has 0 atom stereocenters. The Morgan fingerprint density at radius 1 is 1.00 bits per heavy atom. The van der Waals surface area contributed by atoms with Gasteiger partial charge in [-0.15, -0.1) is 0 Å². The highest BCUT2D eigenvalue weighted by atomic mass is 15.2. The van der Waals surface area contributed by atoms with Crippen LogP contribution in [0.5, 0.6) is 0 Å². The third-order valence-electron chi connectivity index (χ3n) is 4.97. The zero-order valence-electron chi connectivity index (χ0n) is 16.5. The lowest BCUT2D eigenvalue weighted by molar-refractivity contribution is 0.946. The van der Waals surface area contributed by atoms with Crippen molar-refractivity contribution in [1.82, 2.24) is 24.5 Å². The number of aromatic nitrogens is 5. The Labute approximate surface area is 164 Å². The Morgan fingerprint density at radius 3 is 2.50 bits per heavy atom. The van der Waals surface area contributed by atoms with Crippen molar-refractivity contribution >= 4 is 28.5 Å². The zero-order chi connectivity index (χ0) is 19.7. The Morgan fingerprint density at radius 2 is 1.79 bits per heavy atom. The van der Waals surface area contributed by atoms with E-state index in [9.17, 15) is 0 Å². The van der Waals surface area contributed by atoms with Gasteiger partial charge in [-0.25, -0.2) is 19.9 Å². The highest BCUT2D eigenvalue weighted by Crippen LogP contribution is 2.31. The van der Waals surface area contributed by atoms with E-state index in [0.29, 0.717) is 5.95 Å². The highest BCUT2D eigenvalue weighted by Gasteiger charge is 2.13. The van der Waals surface area contributed by atoms with Crippen LogP contribution in [-0.4, -0.2) is 38.6 Å². The number of pyridine rings is 1. The molecular weight excluding hydrogens is 350 g/mol. The molecule has 7 heteroatoms. The van der Waals surface area contributed by atoms with E-state index in [-0.39, 0.29) is 0 Å². The molecule has 3 aromatic heterocycles. The third-order valence-corrected chi connectivity index (χ3v) is 4.97.